The molecule has 7 nitrogen and oxygen atoms in total. The smallest absolute Gasteiger partial charge is 0.248 e. The molecular formula is C17H18ClFN6O. The van der Waals surface area contributed by atoms with Gasteiger partial charge in [0.1, 0.15) is 12.1 Å². The highest BCUT2D eigenvalue weighted by molar-refractivity contribution is 6.31. The standard InChI is InChI=1S/C17H18ClFN6O/c1-11-8-12(2)25(22-11)7-6-16(26)21-17-20-10-24(23-17)9-13-14(18)4-3-5-15(13)19/h3-5,8,10H,6-7,9H2,1-2H3,(H,21,23,26). The van der Waals surface area contributed by atoms with E-state index in [1.165, 1.54) is 23.1 Å². The Morgan fingerprint density at radius 2 is 2.12 bits per heavy atom. The first kappa shape index (κ1) is 18.1. The van der Waals surface area contributed by atoms with E-state index in [0.29, 0.717) is 17.1 Å². The van der Waals surface area contributed by atoms with Gasteiger partial charge in [0.2, 0.25) is 11.9 Å². The lowest BCUT2D eigenvalue weighted by Crippen LogP contribution is -2.16. The second kappa shape index (κ2) is 7.65. The molecule has 0 aliphatic carbocycles. The van der Waals surface area contributed by atoms with E-state index in [-0.39, 0.29) is 24.8 Å². The molecule has 1 amide bonds. The van der Waals surface area contributed by atoms with E-state index >= 15 is 0 Å². The number of carbonyl (C=O) groups is 1. The molecular weight excluding hydrogens is 359 g/mol. The first-order valence-electron chi connectivity index (χ1n) is 8.05. The van der Waals surface area contributed by atoms with Crippen LogP contribution >= 0.6 is 11.6 Å². The Morgan fingerprint density at radius 3 is 2.81 bits per heavy atom. The van der Waals surface area contributed by atoms with Crippen molar-refractivity contribution < 1.29 is 9.18 Å². The van der Waals surface area contributed by atoms with Gasteiger partial charge < -0.3 is 0 Å². The number of carbonyl (C=O) groups excluding carboxylic acids is 1. The number of aryl methyl sites for hydroxylation is 3. The van der Waals surface area contributed by atoms with E-state index in [0.717, 1.165) is 11.4 Å². The van der Waals surface area contributed by atoms with Crippen molar-refractivity contribution in [1.82, 2.24) is 24.5 Å². The topological polar surface area (TPSA) is 77.6 Å². The number of benzene rings is 1. The molecule has 9 heteroatoms. The summed E-state index contributed by atoms with van der Waals surface area (Å²) in [7, 11) is 0. The van der Waals surface area contributed by atoms with Gasteiger partial charge >= 0.3 is 0 Å². The van der Waals surface area contributed by atoms with Crippen LogP contribution in [0.25, 0.3) is 0 Å². The summed E-state index contributed by atoms with van der Waals surface area (Å²) in [6.45, 7) is 4.44. The lowest BCUT2D eigenvalue weighted by molar-refractivity contribution is -0.116. The zero-order valence-corrected chi connectivity index (χ0v) is 15.2. The first-order chi connectivity index (χ1) is 12.4. The fourth-order valence-electron chi connectivity index (χ4n) is 2.57. The summed E-state index contributed by atoms with van der Waals surface area (Å²) in [6, 6.07) is 6.43. The van der Waals surface area contributed by atoms with Gasteiger partial charge in [-0.2, -0.15) is 5.10 Å². The Labute approximate surface area is 154 Å². The minimum atomic E-state index is -0.413. The molecule has 1 aromatic carbocycles. The normalized spacial score (nSPS) is 10.9. The van der Waals surface area contributed by atoms with Crippen molar-refractivity contribution in [2.24, 2.45) is 0 Å². The van der Waals surface area contributed by atoms with Crippen LogP contribution in [0.1, 0.15) is 23.4 Å². The molecule has 0 atom stereocenters. The zero-order chi connectivity index (χ0) is 18.7. The van der Waals surface area contributed by atoms with Gasteiger partial charge in [0.25, 0.3) is 0 Å². The molecule has 0 fully saturated rings. The van der Waals surface area contributed by atoms with Crippen molar-refractivity contribution in [3.63, 3.8) is 0 Å². The van der Waals surface area contributed by atoms with Gasteiger partial charge in [-0.3, -0.25) is 14.8 Å². The van der Waals surface area contributed by atoms with E-state index in [2.05, 4.69) is 20.5 Å². The average molecular weight is 377 g/mol. The highest BCUT2D eigenvalue weighted by Gasteiger charge is 2.11. The predicted molar refractivity (Wildman–Crippen MR) is 95.5 cm³/mol. The third-order valence-electron chi connectivity index (χ3n) is 3.82. The van der Waals surface area contributed by atoms with Crippen molar-refractivity contribution >= 4 is 23.5 Å². The van der Waals surface area contributed by atoms with Gasteiger partial charge in [-0.25, -0.2) is 14.1 Å². The number of hydrogen-bond donors (Lipinski definition) is 1. The molecule has 1 N–H and O–H groups in total. The summed E-state index contributed by atoms with van der Waals surface area (Å²) < 4.78 is 17.0. The average Bonchev–Trinajstić information content (AvgIpc) is 3.15. The lowest BCUT2D eigenvalue weighted by Gasteiger charge is -2.05. The molecule has 0 bridgehead atoms. The molecule has 0 saturated carbocycles. The lowest BCUT2D eigenvalue weighted by atomic mass is 10.2. The van der Waals surface area contributed by atoms with Gasteiger partial charge in [0.15, 0.2) is 0 Å². The van der Waals surface area contributed by atoms with E-state index in [9.17, 15) is 9.18 Å². The molecule has 2 heterocycles. The predicted octanol–water partition coefficient (Wildman–Crippen LogP) is 2.96. The molecule has 3 rings (SSSR count). The van der Waals surface area contributed by atoms with Crippen LogP contribution in [0.5, 0.6) is 0 Å². The summed E-state index contributed by atoms with van der Waals surface area (Å²) in [4.78, 5) is 16.1. The number of anilines is 1. The van der Waals surface area contributed by atoms with Crippen molar-refractivity contribution in [3.8, 4) is 0 Å². The highest BCUT2D eigenvalue weighted by Crippen LogP contribution is 2.19. The van der Waals surface area contributed by atoms with Crippen LogP contribution in [-0.2, 0) is 17.9 Å². The molecule has 0 aliphatic rings. The van der Waals surface area contributed by atoms with Crippen LogP contribution in [0.15, 0.2) is 30.6 Å². The van der Waals surface area contributed by atoms with Gasteiger partial charge in [-0.15, -0.1) is 5.10 Å². The van der Waals surface area contributed by atoms with Crippen molar-refractivity contribution in [2.75, 3.05) is 5.32 Å². The summed E-state index contributed by atoms with van der Waals surface area (Å²) >= 11 is 6.00. The molecule has 2 aromatic heterocycles. The van der Waals surface area contributed by atoms with Gasteiger partial charge in [0, 0.05) is 29.2 Å². The zero-order valence-electron chi connectivity index (χ0n) is 14.4. The van der Waals surface area contributed by atoms with E-state index in [4.69, 9.17) is 11.6 Å². The summed E-state index contributed by atoms with van der Waals surface area (Å²) in [6.07, 6.45) is 1.66. The highest BCUT2D eigenvalue weighted by atomic mass is 35.5. The number of nitrogens with one attached hydrogen (secondary N) is 1. The molecule has 0 radical (unpaired) electrons. The Kier molecular flexibility index (Phi) is 5.32. The fourth-order valence-corrected chi connectivity index (χ4v) is 2.79. The second-order valence-corrected chi connectivity index (χ2v) is 6.32. The van der Waals surface area contributed by atoms with Crippen LogP contribution in [-0.4, -0.2) is 30.5 Å². The number of nitrogens with zero attached hydrogens (tertiary/aromatic N) is 5. The van der Waals surface area contributed by atoms with E-state index in [1.54, 1.807) is 10.7 Å². The summed E-state index contributed by atoms with van der Waals surface area (Å²) in [5, 5.41) is 11.4. The minimum Gasteiger partial charge on any atom is -0.293 e. The molecule has 0 unspecified atom stereocenters. The second-order valence-electron chi connectivity index (χ2n) is 5.91. The number of amides is 1. The van der Waals surface area contributed by atoms with Gasteiger partial charge in [-0.05, 0) is 32.0 Å². The number of rotatable bonds is 6. The van der Waals surface area contributed by atoms with Crippen LogP contribution in [0.2, 0.25) is 5.02 Å². The van der Waals surface area contributed by atoms with Crippen LogP contribution in [0.4, 0.5) is 10.3 Å². The fraction of sp³-hybridized carbons (Fsp3) is 0.294. The Bertz CT molecular complexity index is 915. The van der Waals surface area contributed by atoms with Crippen LogP contribution < -0.4 is 5.32 Å². The third kappa shape index (κ3) is 4.26. The summed E-state index contributed by atoms with van der Waals surface area (Å²) in [5.41, 5.74) is 2.23. The molecule has 0 saturated heterocycles. The number of halogens is 2. The Morgan fingerprint density at radius 1 is 1.31 bits per heavy atom. The van der Waals surface area contributed by atoms with Crippen LogP contribution in [0.3, 0.4) is 0 Å². The quantitative estimate of drug-likeness (QED) is 0.717. The summed E-state index contributed by atoms with van der Waals surface area (Å²) in [5.74, 6) is -0.474. The van der Waals surface area contributed by atoms with Crippen molar-refractivity contribution in [1.29, 1.82) is 0 Å². The molecule has 26 heavy (non-hydrogen) atoms. The largest absolute Gasteiger partial charge is 0.293 e. The number of aromatic nitrogens is 5. The van der Waals surface area contributed by atoms with Crippen molar-refractivity contribution in [2.45, 2.75) is 33.4 Å². The van der Waals surface area contributed by atoms with Crippen molar-refractivity contribution in [3.05, 3.63) is 58.4 Å². The third-order valence-corrected chi connectivity index (χ3v) is 4.18. The maximum absolute atomic E-state index is 13.8. The minimum absolute atomic E-state index is 0.125. The Balaban J connectivity index is 1.58. The van der Waals surface area contributed by atoms with E-state index in [1.807, 2.05) is 19.9 Å². The monoisotopic (exact) mass is 376 g/mol. The molecule has 0 spiro atoms. The first-order valence-corrected chi connectivity index (χ1v) is 8.43. The maximum atomic E-state index is 13.8. The molecule has 0 aliphatic heterocycles. The SMILES string of the molecule is Cc1cc(C)n(CCC(=O)Nc2ncn(Cc3c(F)cccc3Cl)n2)n1. The molecule has 3 aromatic rings. The maximum Gasteiger partial charge on any atom is 0.248 e. The van der Waals surface area contributed by atoms with Gasteiger partial charge in [0.05, 0.1) is 12.2 Å². The van der Waals surface area contributed by atoms with Crippen LogP contribution in [0, 0.1) is 19.7 Å². The van der Waals surface area contributed by atoms with Gasteiger partial charge in [-0.1, -0.05) is 17.7 Å². The Hall–Kier alpha value is -2.74. The number of hydrogen-bond acceptors (Lipinski definition) is 4. The molecule has 136 valence electrons. The van der Waals surface area contributed by atoms with E-state index < -0.39 is 5.82 Å².